The number of allylic oxidation sites excluding steroid dienone is 1. The summed E-state index contributed by atoms with van der Waals surface area (Å²) in [5.74, 6) is -0.0804. The molecule has 0 saturated carbocycles. The van der Waals surface area contributed by atoms with E-state index in [4.69, 9.17) is 4.74 Å². The molecule has 6 nitrogen and oxygen atoms in total. The third-order valence-electron chi connectivity index (χ3n) is 11.8. The van der Waals surface area contributed by atoms with Crippen LogP contribution in [-0.2, 0) is 14.3 Å². The molecule has 0 spiro atoms. The zero-order valence-corrected chi connectivity index (χ0v) is 38.3. The largest absolute Gasteiger partial charge is 0.466 e. The SMILES string of the molecule is CCCCCCCCC/C=C/C(O)C(CO)NC(=O)CCCCCCCCCCCCCCCCOC(=O)CCCCCCCCCCCCCCCCCCC. The molecule has 0 aromatic heterocycles. The van der Waals surface area contributed by atoms with Gasteiger partial charge in [0, 0.05) is 12.8 Å². The molecule has 0 rings (SSSR count). The van der Waals surface area contributed by atoms with E-state index in [0.717, 1.165) is 57.8 Å². The van der Waals surface area contributed by atoms with Crippen molar-refractivity contribution in [2.24, 2.45) is 0 Å². The number of unbranched alkanes of at least 4 members (excludes halogenated alkanes) is 36. The number of rotatable bonds is 47. The van der Waals surface area contributed by atoms with Gasteiger partial charge < -0.3 is 20.3 Å². The van der Waals surface area contributed by atoms with E-state index in [1.807, 2.05) is 6.08 Å². The van der Waals surface area contributed by atoms with Crippen LogP contribution < -0.4 is 5.32 Å². The Hall–Kier alpha value is -1.40. The van der Waals surface area contributed by atoms with Gasteiger partial charge in [-0.15, -0.1) is 0 Å². The van der Waals surface area contributed by atoms with Crippen molar-refractivity contribution in [3.63, 3.8) is 0 Å². The number of hydrogen-bond donors (Lipinski definition) is 3. The number of carbonyl (C=O) groups excluding carboxylic acids is 2. The van der Waals surface area contributed by atoms with E-state index < -0.39 is 12.1 Å². The fourth-order valence-corrected chi connectivity index (χ4v) is 7.87. The third kappa shape index (κ3) is 44.0. The maximum atomic E-state index is 12.4. The van der Waals surface area contributed by atoms with Gasteiger partial charge in [-0.05, 0) is 32.1 Å². The molecule has 0 aliphatic rings. The molecule has 2 atom stereocenters. The third-order valence-corrected chi connectivity index (χ3v) is 11.8. The summed E-state index contributed by atoms with van der Waals surface area (Å²) in [7, 11) is 0. The molecular weight excluding hydrogens is 707 g/mol. The molecule has 0 aromatic carbocycles. The second kappa shape index (κ2) is 47.3. The van der Waals surface area contributed by atoms with Gasteiger partial charge in [-0.1, -0.05) is 244 Å². The van der Waals surface area contributed by atoms with E-state index in [2.05, 4.69) is 19.2 Å². The summed E-state index contributed by atoms with van der Waals surface area (Å²) in [6.45, 7) is 4.86. The zero-order chi connectivity index (χ0) is 41.5. The predicted molar refractivity (Wildman–Crippen MR) is 246 cm³/mol. The number of aliphatic hydroxyl groups is 2. The van der Waals surface area contributed by atoms with Crippen LogP contribution in [0.3, 0.4) is 0 Å². The standard InChI is InChI=1S/C51H99NO5/c1-3-5-7-9-11-13-14-15-16-17-18-22-25-29-33-37-41-45-51(56)57-46-42-38-34-30-26-23-20-19-21-24-28-32-36-40-44-50(55)52-48(47-53)49(54)43-39-35-31-27-12-10-8-6-4-2/h39,43,48-49,53-54H,3-38,40-42,44-47H2,1-2H3,(H,52,55)/b43-39+. The Kier molecular flexibility index (Phi) is 46.1. The first-order valence-electron chi connectivity index (χ1n) is 25.5. The lowest BCUT2D eigenvalue weighted by atomic mass is 10.0. The smallest absolute Gasteiger partial charge is 0.305 e. The van der Waals surface area contributed by atoms with Crippen molar-refractivity contribution in [3.05, 3.63) is 12.2 Å². The second-order valence-electron chi connectivity index (χ2n) is 17.5. The van der Waals surface area contributed by atoms with Crippen molar-refractivity contribution in [2.45, 2.75) is 289 Å². The van der Waals surface area contributed by atoms with Crippen molar-refractivity contribution in [1.82, 2.24) is 5.32 Å². The number of hydrogen-bond acceptors (Lipinski definition) is 5. The summed E-state index contributed by atoms with van der Waals surface area (Å²) >= 11 is 0. The second-order valence-corrected chi connectivity index (χ2v) is 17.5. The first-order valence-corrected chi connectivity index (χ1v) is 25.5. The number of ether oxygens (including phenoxy) is 1. The van der Waals surface area contributed by atoms with E-state index in [1.54, 1.807) is 6.08 Å². The molecule has 0 aromatic rings. The van der Waals surface area contributed by atoms with Gasteiger partial charge in [-0.25, -0.2) is 0 Å². The fourth-order valence-electron chi connectivity index (χ4n) is 7.87. The first kappa shape index (κ1) is 55.6. The highest BCUT2D eigenvalue weighted by Gasteiger charge is 2.18. The maximum absolute atomic E-state index is 12.4. The van der Waals surface area contributed by atoms with Gasteiger partial charge in [0.05, 0.1) is 25.4 Å². The van der Waals surface area contributed by atoms with Gasteiger partial charge in [0.25, 0.3) is 0 Å². The highest BCUT2D eigenvalue weighted by molar-refractivity contribution is 5.76. The monoisotopic (exact) mass is 806 g/mol. The summed E-state index contributed by atoms with van der Waals surface area (Å²) in [6.07, 6.45) is 53.6. The summed E-state index contributed by atoms with van der Waals surface area (Å²) < 4.78 is 5.47. The van der Waals surface area contributed by atoms with Gasteiger partial charge in [0.2, 0.25) is 5.91 Å². The van der Waals surface area contributed by atoms with Crippen molar-refractivity contribution in [3.8, 4) is 0 Å². The molecule has 0 aliphatic heterocycles. The molecule has 0 saturated heterocycles. The molecule has 0 radical (unpaired) electrons. The lowest BCUT2D eigenvalue weighted by Crippen LogP contribution is -2.45. The average molecular weight is 806 g/mol. The predicted octanol–water partition coefficient (Wildman–Crippen LogP) is 15.0. The molecule has 2 unspecified atom stereocenters. The van der Waals surface area contributed by atoms with Crippen molar-refractivity contribution in [1.29, 1.82) is 0 Å². The maximum Gasteiger partial charge on any atom is 0.305 e. The minimum atomic E-state index is -0.848. The molecule has 57 heavy (non-hydrogen) atoms. The molecule has 0 bridgehead atoms. The molecule has 1 amide bonds. The van der Waals surface area contributed by atoms with E-state index in [-0.39, 0.29) is 18.5 Å². The Balaban J connectivity index is 3.40. The average Bonchev–Trinajstić information content (AvgIpc) is 3.21. The Morgan fingerprint density at radius 2 is 0.807 bits per heavy atom. The van der Waals surface area contributed by atoms with Crippen LogP contribution in [0.2, 0.25) is 0 Å². The molecule has 0 aliphatic carbocycles. The van der Waals surface area contributed by atoms with E-state index in [0.29, 0.717) is 19.4 Å². The van der Waals surface area contributed by atoms with Crippen molar-refractivity contribution in [2.75, 3.05) is 13.2 Å². The first-order chi connectivity index (χ1) is 28.0. The molecular formula is C51H99NO5. The summed E-state index contributed by atoms with van der Waals surface area (Å²) in [5, 5.41) is 22.9. The molecule has 6 heteroatoms. The van der Waals surface area contributed by atoms with Crippen LogP contribution in [0.25, 0.3) is 0 Å². The number of esters is 1. The summed E-state index contributed by atoms with van der Waals surface area (Å²) in [5.41, 5.74) is 0. The Labute approximate surface area is 355 Å². The lowest BCUT2D eigenvalue weighted by molar-refractivity contribution is -0.143. The van der Waals surface area contributed by atoms with Crippen LogP contribution >= 0.6 is 0 Å². The molecule has 3 N–H and O–H groups in total. The van der Waals surface area contributed by atoms with Gasteiger partial charge in [0.1, 0.15) is 0 Å². The zero-order valence-electron chi connectivity index (χ0n) is 38.3. The Bertz CT molecular complexity index is 847. The van der Waals surface area contributed by atoms with Gasteiger partial charge in [-0.2, -0.15) is 0 Å². The quantitative estimate of drug-likeness (QED) is 0.0323. The molecule has 0 fully saturated rings. The summed E-state index contributed by atoms with van der Waals surface area (Å²) in [4.78, 5) is 24.4. The van der Waals surface area contributed by atoms with Gasteiger partial charge in [0.15, 0.2) is 0 Å². The van der Waals surface area contributed by atoms with E-state index in [1.165, 1.54) is 193 Å². The van der Waals surface area contributed by atoms with E-state index >= 15 is 0 Å². The van der Waals surface area contributed by atoms with Crippen molar-refractivity contribution >= 4 is 11.9 Å². The number of nitrogens with one attached hydrogen (secondary N) is 1. The van der Waals surface area contributed by atoms with Crippen LogP contribution in [0.5, 0.6) is 0 Å². The van der Waals surface area contributed by atoms with E-state index in [9.17, 15) is 19.8 Å². The van der Waals surface area contributed by atoms with Crippen LogP contribution in [0.1, 0.15) is 277 Å². The fraction of sp³-hybridized carbons (Fsp3) is 0.922. The minimum Gasteiger partial charge on any atom is -0.466 e. The number of carbonyl (C=O) groups is 2. The van der Waals surface area contributed by atoms with Crippen LogP contribution in [0.4, 0.5) is 0 Å². The van der Waals surface area contributed by atoms with Crippen LogP contribution in [0, 0.1) is 0 Å². The Morgan fingerprint density at radius 1 is 0.474 bits per heavy atom. The van der Waals surface area contributed by atoms with Crippen molar-refractivity contribution < 1.29 is 24.5 Å². The number of amides is 1. The number of aliphatic hydroxyl groups excluding tert-OH is 2. The molecule has 0 heterocycles. The topological polar surface area (TPSA) is 95.9 Å². The molecule has 338 valence electrons. The lowest BCUT2D eigenvalue weighted by Gasteiger charge is -2.20. The van der Waals surface area contributed by atoms with Crippen LogP contribution in [-0.4, -0.2) is 47.4 Å². The Morgan fingerprint density at radius 3 is 1.19 bits per heavy atom. The normalized spacial score (nSPS) is 12.7. The van der Waals surface area contributed by atoms with Crippen LogP contribution in [0.15, 0.2) is 12.2 Å². The highest BCUT2D eigenvalue weighted by Crippen LogP contribution is 2.16. The summed E-state index contributed by atoms with van der Waals surface area (Å²) in [6, 6.07) is -0.632. The van der Waals surface area contributed by atoms with Gasteiger partial charge >= 0.3 is 5.97 Å². The minimum absolute atomic E-state index is 0.0000743. The van der Waals surface area contributed by atoms with Gasteiger partial charge in [-0.3, -0.25) is 9.59 Å². The highest BCUT2D eigenvalue weighted by atomic mass is 16.5.